The van der Waals surface area contributed by atoms with Gasteiger partial charge < -0.3 is 11.1 Å². The molecule has 0 spiro atoms. The van der Waals surface area contributed by atoms with Crippen molar-refractivity contribution >= 4 is 5.91 Å². The predicted octanol–water partition coefficient (Wildman–Crippen LogP) is 0.496. The molecule has 3 nitrogen and oxygen atoms in total. The Bertz CT molecular complexity index is 217. The largest absolute Gasteiger partial charge is 0.356 e. The van der Waals surface area contributed by atoms with Crippen LogP contribution in [0.4, 0.5) is 0 Å². The minimum Gasteiger partial charge on any atom is -0.356 e. The molecular formula is C10H18N2O. The van der Waals surface area contributed by atoms with Gasteiger partial charge in [-0.05, 0) is 38.0 Å². The van der Waals surface area contributed by atoms with Crippen molar-refractivity contribution in [3.63, 3.8) is 0 Å². The van der Waals surface area contributed by atoms with Crippen molar-refractivity contribution in [2.24, 2.45) is 23.5 Å². The number of carbonyl (C=O) groups excluding carboxylic acids is 1. The van der Waals surface area contributed by atoms with Gasteiger partial charge in [0.1, 0.15) is 0 Å². The van der Waals surface area contributed by atoms with Crippen molar-refractivity contribution in [2.75, 3.05) is 6.54 Å². The summed E-state index contributed by atoms with van der Waals surface area (Å²) in [6.07, 6.45) is 3.24. The lowest BCUT2D eigenvalue weighted by atomic mass is 9.72. The monoisotopic (exact) mass is 182 g/mol. The highest BCUT2D eigenvalue weighted by Gasteiger charge is 2.47. The van der Waals surface area contributed by atoms with Gasteiger partial charge in [0.25, 0.3) is 0 Å². The van der Waals surface area contributed by atoms with Gasteiger partial charge in [-0.15, -0.1) is 0 Å². The summed E-state index contributed by atoms with van der Waals surface area (Å²) in [7, 11) is 0. The van der Waals surface area contributed by atoms with Crippen LogP contribution in [-0.4, -0.2) is 18.5 Å². The molecule has 0 heterocycles. The fourth-order valence-electron chi connectivity index (χ4n) is 2.81. The zero-order chi connectivity index (χ0) is 9.42. The molecule has 0 aromatic rings. The van der Waals surface area contributed by atoms with Crippen LogP contribution in [0.2, 0.25) is 0 Å². The number of hydrogen-bond donors (Lipinski definition) is 2. The second-order valence-electron chi connectivity index (χ2n) is 4.39. The summed E-state index contributed by atoms with van der Waals surface area (Å²) in [4.78, 5) is 11.5. The van der Waals surface area contributed by atoms with Crippen molar-refractivity contribution in [1.29, 1.82) is 0 Å². The maximum atomic E-state index is 11.5. The molecule has 2 rings (SSSR count). The lowest BCUT2D eigenvalue weighted by Gasteiger charge is -2.37. The van der Waals surface area contributed by atoms with E-state index in [0.29, 0.717) is 12.0 Å². The van der Waals surface area contributed by atoms with E-state index in [4.69, 9.17) is 5.73 Å². The molecule has 0 bridgehead atoms. The van der Waals surface area contributed by atoms with E-state index in [1.54, 1.807) is 0 Å². The van der Waals surface area contributed by atoms with Crippen LogP contribution in [0.25, 0.3) is 0 Å². The molecule has 0 aromatic carbocycles. The molecule has 3 heteroatoms. The van der Waals surface area contributed by atoms with E-state index >= 15 is 0 Å². The Morgan fingerprint density at radius 2 is 2.23 bits per heavy atom. The maximum absolute atomic E-state index is 11.5. The number of amides is 1. The van der Waals surface area contributed by atoms with E-state index in [1.807, 2.05) is 6.92 Å². The minimum atomic E-state index is 0.240. The zero-order valence-electron chi connectivity index (χ0n) is 8.12. The summed E-state index contributed by atoms with van der Waals surface area (Å²) in [6.45, 7) is 2.71. The van der Waals surface area contributed by atoms with Crippen molar-refractivity contribution in [3.05, 3.63) is 0 Å². The highest BCUT2D eigenvalue weighted by Crippen LogP contribution is 2.48. The summed E-state index contributed by atoms with van der Waals surface area (Å²) in [5, 5.41) is 2.89. The Morgan fingerprint density at radius 3 is 2.77 bits per heavy atom. The van der Waals surface area contributed by atoms with Crippen LogP contribution in [0, 0.1) is 17.8 Å². The third-order valence-corrected chi connectivity index (χ3v) is 3.60. The molecule has 4 atom stereocenters. The molecule has 2 aliphatic rings. The first kappa shape index (κ1) is 9.00. The normalized spacial score (nSPS) is 42.3. The van der Waals surface area contributed by atoms with Gasteiger partial charge in [0.2, 0.25) is 5.91 Å². The minimum absolute atomic E-state index is 0.240. The molecular weight excluding hydrogens is 164 g/mol. The second-order valence-corrected chi connectivity index (χ2v) is 4.39. The van der Waals surface area contributed by atoms with Gasteiger partial charge in [-0.2, -0.15) is 0 Å². The molecule has 3 N–H and O–H groups in total. The molecule has 0 aromatic heterocycles. The van der Waals surface area contributed by atoms with Gasteiger partial charge in [-0.25, -0.2) is 0 Å². The number of fused-ring (bicyclic) bond motifs is 1. The van der Waals surface area contributed by atoms with Crippen molar-refractivity contribution in [2.45, 2.75) is 32.2 Å². The van der Waals surface area contributed by atoms with Crippen molar-refractivity contribution in [3.8, 4) is 0 Å². The summed E-state index contributed by atoms with van der Waals surface area (Å²) < 4.78 is 0. The molecule has 4 unspecified atom stereocenters. The van der Waals surface area contributed by atoms with Crippen LogP contribution >= 0.6 is 0 Å². The fourth-order valence-corrected chi connectivity index (χ4v) is 2.81. The van der Waals surface area contributed by atoms with Gasteiger partial charge in [-0.1, -0.05) is 0 Å². The average molecular weight is 182 g/mol. The van der Waals surface area contributed by atoms with E-state index in [-0.39, 0.29) is 11.8 Å². The summed E-state index contributed by atoms with van der Waals surface area (Å²) in [5.41, 5.74) is 5.87. The van der Waals surface area contributed by atoms with Crippen LogP contribution in [0.1, 0.15) is 26.2 Å². The molecule has 0 aliphatic heterocycles. The van der Waals surface area contributed by atoms with Crippen LogP contribution in [0.5, 0.6) is 0 Å². The van der Waals surface area contributed by atoms with E-state index in [1.165, 1.54) is 0 Å². The number of rotatable bonds is 2. The first-order valence-electron chi connectivity index (χ1n) is 5.25. The van der Waals surface area contributed by atoms with Crippen molar-refractivity contribution < 1.29 is 4.79 Å². The number of carbonyl (C=O) groups is 1. The Balaban J connectivity index is 1.87. The van der Waals surface area contributed by atoms with E-state index in [2.05, 4.69) is 5.32 Å². The molecule has 13 heavy (non-hydrogen) atoms. The van der Waals surface area contributed by atoms with Gasteiger partial charge in [-0.3, -0.25) is 4.79 Å². The Labute approximate surface area is 79.1 Å². The molecule has 1 amide bonds. The summed E-state index contributed by atoms with van der Waals surface area (Å²) in [5.74, 6) is 1.89. The lowest BCUT2D eigenvalue weighted by Crippen LogP contribution is -2.44. The number of nitrogens with two attached hydrogens (primary N) is 1. The van der Waals surface area contributed by atoms with Crippen LogP contribution in [0.15, 0.2) is 0 Å². The number of nitrogens with one attached hydrogen (secondary N) is 1. The van der Waals surface area contributed by atoms with E-state index in [0.717, 1.165) is 31.7 Å². The third-order valence-electron chi connectivity index (χ3n) is 3.60. The Morgan fingerprint density at radius 1 is 1.46 bits per heavy atom. The molecule has 74 valence electrons. The molecule has 2 saturated carbocycles. The Kier molecular flexibility index (Phi) is 2.28. The van der Waals surface area contributed by atoms with Gasteiger partial charge in [0.05, 0.1) is 0 Å². The van der Waals surface area contributed by atoms with Gasteiger partial charge in [0, 0.05) is 18.5 Å². The first-order chi connectivity index (χ1) is 6.22. The predicted molar refractivity (Wildman–Crippen MR) is 51.0 cm³/mol. The third kappa shape index (κ3) is 1.46. The average Bonchev–Trinajstić information content (AvgIpc) is 2.43. The van der Waals surface area contributed by atoms with Gasteiger partial charge in [0.15, 0.2) is 0 Å². The van der Waals surface area contributed by atoms with Crippen LogP contribution in [-0.2, 0) is 4.79 Å². The highest BCUT2D eigenvalue weighted by molar-refractivity contribution is 5.79. The van der Waals surface area contributed by atoms with Gasteiger partial charge >= 0.3 is 0 Å². The van der Waals surface area contributed by atoms with E-state index in [9.17, 15) is 4.79 Å². The van der Waals surface area contributed by atoms with Crippen LogP contribution < -0.4 is 11.1 Å². The summed E-state index contributed by atoms with van der Waals surface area (Å²) in [6, 6.07) is 0.379. The molecule has 2 aliphatic carbocycles. The smallest absolute Gasteiger partial charge is 0.223 e. The maximum Gasteiger partial charge on any atom is 0.223 e. The topological polar surface area (TPSA) is 55.1 Å². The first-order valence-corrected chi connectivity index (χ1v) is 5.25. The second kappa shape index (κ2) is 3.29. The quantitative estimate of drug-likeness (QED) is 0.653. The highest BCUT2D eigenvalue weighted by atomic mass is 16.1. The standard InChI is InChI=1S/C10H18N2O/c1-2-12-10(13)7-3-6-5-9(11)8(6)4-7/h6-9H,2-5,11H2,1H3,(H,12,13). The Hall–Kier alpha value is -0.570. The summed E-state index contributed by atoms with van der Waals surface area (Å²) >= 11 is 0. The molecule has 0 radical (unpaired) electrons. The van der Waals surface area contributed by atoms with Crippen molar-refractivity contribution in [1.82, 2.24) is 5.32 Å². The lowest BCUT2D eigenvalue weighted by molar-refractivity contribution is -0.124. The SMILES string of the molecule is CCNC(=O)C1CC2CC(N)C2C1. The van der Waals surface area contributed by atoms with Crippen LogP contribution in [0.3, 0.4) is 0 Å². The number of hydrogen-bond acceptors (Lipinski definition) is 2. The van der Waals surface area contributed by atoms with E-state index < -0.39 is 0 Å². The molecule has 0 saturated heterocycles. The molecule has 2 fully saturated rings. The zero-order valence-corrected chi connectivity index (χ0v) is 8.12. The fraction of sp³-hybridized carbons (Fsp3) is 0.900.